The van der Waals surface area contributed by atoms with E-state index in [9.17, 15) is 4.79 Å². The van der Waals surface area contributed by atoms with Gasteiger partial charge in [-0.05, 0) is 48.3 Å². The molecule has 1 saturated carbocycles. The van der Waals surface area contributed by atoms with E-state index in [0.29, 0.717) is 12.2 Å². The fourth-order valence-corrected chi connectivity index (χ4v) is 6.68. The minimum Gasteiger partial charge on any atom is -0.294 e. The van der Waals surface area contributed by atoms with E-state index in [1.54, 1.807) is 0 Å². The molecule has 3 aliphatic carbocycles. The van der Waals surface area contributed by atoms with E-state index in [2.05, 4.69) is 34.6 Å². The SMILES string of the molecule is CC1(C)CC(=O)C2=C(C1)C[C@@]1(C)CC(C)(C)C[C@@]2(Cl)C1. The third-order valence-electron chi connectivity index (χ3n) is 5.42. The van der Waals surface area contributed by atoms with Gasteiger partial charge in [0.15, 0.2) is 5.78 Å². The third-order valence-corrected chi connectivity index (χ3v) is 5.88. The van der Waals surface area contributed by atoms with Crippen LogP contribution >= 0.6 is 11.6 Å². The van der Waals surface area contributed by atoms with Gasteiger partial charge in [-0.15, -0.1) is 11.6 Å². The Hall–Kier alpha value is -0.300. The molecule has 0 aromatic carbocycles. The van der Waals surface area contributed by atoms with Crippen LogP contribution in [-0.2, 0) is 4.79 Å². The van der Waals surface area contributed by atoms with E-state index in [1.807, 2.05) is 0 Å². The Kier molecular flexibility index (Phi) is 2.86. The number of allylic oxidation sites excluding steroid dienone is 2. The first-order chi connectivity index (χ1) is 8.94. The monoisotopic (exact) mass is 294 g/mol. The topological polar surface area (TPSA) is 17.1 Å². The van der Waals surface area contributed by atoms with Gasteiger partial charge in [0.1, 0.15) is 0 Å². The molecule has 0 N–H and O–H groups in total. The number of halogens is 1. The Balaban J connectivity index is 2.12. The van der Waals surface area contributed by atoms with Gasteiger partial charge < -0.3 is 0 Å². The van der Waals surface area contributed by atoms with Crippen LogP contribution in [-0.4, -0.2) is 10.7 Å². The molecule has 0 unspecified atom stereocenters. The highest BCUT2D eigenvalue weighted by Crippen LogP contribution is 2.63. The van der Waals surface area contributed by atoms with Crippen LogP contribution in [0.15, 0.2) is 11.1 Å². The van der Waals surface area contributed by atoms with Crippen molar-refractivity contribution >= 4 is 17.4 Å². The quantitative estimate of drug-likeness (QED) is 0.556. The Morgan fingerprint density at radius 2 is 1.50 bits per heavy atom. The summed E-state index contributed by atoms with van der Waals surface area (Å²) in [6.07, 6.45) is 5.95. The zero-order valence-corrected chi connectivity index (χ0v) is 14.3. The summed E-state index contributed by atoms with van der Waals surface area (Å²) in [5, 5.41) is 0. The first-order valence-corrected chi connectivity index (χ1v) is 8.26. The molecule has 20 heavy (non-hydrogen) atoms. The molecule has 0 saturated heterocycles. The lowest BCUT2D eigenvalue weighted by Gasteiger charge is -2.56. The van der Waals surface area contributed by atoms with Crippen molar-refractivity contribution in [1.29, 1.82) is 0 Å². The molecule has 0 spiro atoms. The number of hydrogen-bond acceptors (Lipinski definition) is 1. The second-order valence-electron chi connectivity index (χ2n) is 9.57. The summed E-state index contributed by atoms with van der Waals surface area (Å²) in [5.74, 6) is 0.325. The van der Waals surface area contributed by atoms with Crippen molar-refractivity contribution in [3.63, 3.8) is 0 Å². The van der Waals surface area contributed by atoms with Gasteiger partial charge >= 0.3 is 0 Å². The molecule has 2 bridgehead atoms. The Morgan fingerprint density at radius 3 is 2.15 bits per heavy atom. The summed E-state index contributed by atoms with van der Waals surface area (Å²) in [4.78, 5) is 12.3. The van der Waals surface area contributed by atoms with Gasteiger partial charge in [0, 0.05) is 12.0 Å². The number of hydrogen-bond donors (Lipinski definition) is 0. The van der Waals surface area contributed by atoms with Crippen LogP contribution in [0, 0.1) is 16.2 Å². The van der Waals surface area contributed by atoms with Crippen LogP contribution < -0.4 is 0 Å². The predicted octanol–water partition coefficient (Wildman–Crippen LogP) is 5.27. The highest BCUT2D eigenvalue weighted by Gasteiger charge is 2.56. The molecule has 3 rings (SSSR count). The summed E-state index contributed by atoms with van der Waals surface area (Å²) in [7, 11) is 0. The van der Waals surface area contributed by atoms with Crippen molar-refractivity contribution in [3.05, 3.63) is 11.1 Å². The first kappa shape index (κ1) is 14.6. The molecule has 112 valence electrons. The standard InChI is InChI=1S/C18H27ClO/c1-15(2)6-12-7-17(5)9-16(3,4)10-18(19,11-17)14(12)13(20)8-15/h6-11H2,1-5H3/t17-,18+/m0/s1. The Morgan fingerprint density at radius 1 is 0.850 bits per heavy atom. The van der Waals surface area contributed by atoms with Crippen LogP contribution in [0.4, 0.5) is 0 Å². The number of rotatable bonds is 0. The van der Waals surface area contributed by atoms with Crippen LogP contribution in [0.5, 0.6) is 0 Å². The van der Waals surface area contributed by atoms with Crippen LogP contribution in [0.1, 0.15) is 73.1 Å². The molecule has 0 heterocycles. The number of carbonyl (C=O) groups is 1. The molecule has 0 radical (unpaired) electrons. The van der Waals surface area contributed by atoms with Crippen molar-refractivity contribution in [2.75, 3.05) is 0 Å². The van der Waals surface area contributed by atoms with E-state index in [1.165, 1.54) is 12.0 Å². The van der Waals surface area contributed by atoms with Crippen molar-refractivity contribution in [2.24, 2.45) is 16.2 Å². The molecule has 0 aliphatic heterocycles. The second-order valence-corrected chi connectivity index (χ2v) is 10.3. The minimum absolute atomic E-state index is 0.112. The summed E-state index contributed by atoms with van der Waals surface area (Å²) in [6, 6.07) is 0. The molecule has 0 aromatic heterocycles. The maximum Gasteiger partial charge on any atom is 0.161 e. The van der Waals surface area contributed by atoms with Gasteiger partial charge in [0.25, 0.3) is 0 Å². The van der Waals surface area contributed by atoms with Crippen LogP contribution in [0.25, 0.3) is 0 Å². The number of carbonyl (C=O) groups excluding carboxylic acids is 1. The maximum atomic E-state index is 12.7. The number of fused-ring (bicyclic) bond motifs is 3. The van der Waals surface area contributed by atoms with Gasteiger partial charge in [-0.3, -0.25) is 4.79 Å². The van der Waals surface area contributed by atoms with E-state index in [4.69, 9.17) is 11.6 Å². The zero-order chi connectivity index (χ0) is 15.0. The summed E-state index contributed by atoms with van der Waals surface area (Å²) >= 11 is 7.06. The molecule has 0 amide bonds. The van der Waals surface area contributed by atoms with E-state index >= 15 is 0 Å². The Bertz CT molecular complexity index is 514. The van der Waals surface area contributed by atoms with E-state index < -0.39 is 4.87 Å². The molecular formula is C18H27ClO. The molecule has 3 aliphatic rings. The fraction of sp³-hybridized carbons (Fsp3) is 0.833. The Labute approximate surface area is 128 Å². The smallest absolute Gasteiger partial charge is 0.161 e. The summed E-state index contributed by atoms with van der Waals surface area (Å²) in [6.45, 7) is 11.4. The van der Waals surface area contributed by atoms with Gasteiger partial charge in [0.2, 0.25) is 0 Å². The fourth-order valence-electron chi connectivity index (χ4n) is 5.76. The average Bonchev–Trinajstić information content (AvgIpc) is 2.05. The lowest BCUT2D eigenvalue weighted by atomic mass is 9.51. The van der Waals surface area contributed by atoms with Crippen LogP contribution in [0.3, 0.4) is 0 Å². The third kappa shape index (κ3) is 2.26. The highest BCUT2D eigenvalue weighted by molar-refractivity contribution is 6.30. The second kappa shape index (κ2) is 3.91. The van der Waals surface area contributed by atoms with E-state index in [-0.39, 0.29) is 16.2 Å². The molecule has 1 nitrogen and oxygen atoms in total. The van der Waals surface area contributed by atoms with E-state index in [0.717, 1.165) is 31.3 Å². The first-order valence-electron chi connectivity index (χ1n) is 7.89. The average molecular weight is 295 g/mol. The number of Topliss-reactive ketones (excluding diaryl/α,β-unsaturated/α-hetero) is 1. The van der Waals surface area contributed by atoms with Crippen molar-refractivity contribution in [1.82, 2.24) is 0 Å². The molecular weight excluding hydrogens is 268 g/mol. The normalized spacial score (nSPS) is 42.4. The maximum absolute atomic E-state index is 12.7. The summed E-state index contributed by atoms with van der Waals surface area (Å²) in [5.41, 5.74) is 3.02. The van der Waals surface area contributed by atoms with Gasteiger partial charge in [-0.1, -0.05) is 40.2 Å². The summed E-state index contributed by atoms with van der Waals surface area (Å²) < 4.78 is 0. The van der Waals surface area contributed by atoms with Crippen molar-refractivity contribution < 1.29 is 4.79 Å². The number of ketones is 1. The van der Waals surface area contributed by atoms with Crippen molar-refractivity contribution in [3.8, 4) is 0 Å². The largest absolute Gasteiger partial charge is 0.294 e. The van der Waals surface area contributed by atoms with Gasteiger partial charge in [-0.25, -0.2) is 0 Å². The van der Waals surface area contributed by atoms with Crippen molar-refractivity contribution in [2.45, 2.75) is 78.0 Å². The van der Waals surface area contributed by atoms with Crippen LogP contribution in [0.2, 0.25) is 0 Å². The lowest BCUT2D eigenvalue weighted by molar-refractivity contribution is -0.119. The number of alkyl halides is 1. The lowest BCUT2D eigenvalue weighted by Crippen LogP contribution is -2.51. The highest BCUT2D eigenvalue weighted by atomic mass is 35.5. The molecule has 1 fully saturated rings. The zero-order valence-electron chi connectivity index (χ0n) is 13.5. The minimum atomic E-state index is -0.391. The molecule has 0 aromatic rings. The van der Waals surface area contributed by atoms with Gasteiger partial charge in [-0.2, -0.15) is 0 Å². The molecule has 2 atom stereocenters. The van der Waals surface area contributed by atoms with Gasteiger partial charge in [0.05, 0.1) is 4.87 Å². The molecule has 2 heteroatoms. The predicted molar refractivity (Wildman–Crippen MR) is 84.0 cm³/mol.